The predicted molar refractivity (Wildman–Crippen MR) is 62.6 cm³/mol. The summed E-state index contributed by atoms with van der Waals surface area (Å²) in [4.78, 5) is 21.7. The fourth-order valence-electron chi connectivity index (χ4n) is 1.62. The summed E-state index contributed by atoms with van der Waals surface area (Å²) in [6.07, 6.45) is 1.25. The van der Waals surface area contributed by atoms with Crippen molar-refractivity contribution in [3.05, 3.63) is 39.0 Å². The molecule has 82 valence electrons. The summed E-state index contributed by atoms with van der Waals surface area (Å²) in [5, 5.41) is 11.3. The lowest BCUT2D eigenvalue weighted by atomic mass is 10.2. The molecule has 0 aliphatic carbocycles. The molecule has 0 unspecified atom stereocenters. The van der Waals surface area contributed by atoms with Crippen LogP contribution in [0.4, 0.5) is 5.69 Å². The largest absolute Gasteiger partial charge is 0.295 e. The Morgan fingerprint density at radius 2 is 2.19 bits per heavy atom. The summed E-state index contributed by atoms with van der Waals surface area (Å²) in [6, 6.07) is 5.06. The normalized spacial score (nSPS) is 10.6. The van der Waals surface area contributed by atoms with Gasteiger partial charge in [0.25, 0.3) is 5.69 Å². The Morgan fingerprint density at radius 1 is 1.50 bits per heavy atom. The maximum atomic E-state index is 11.4. The van der Waals surface area contributed by atoms with Gasteiger partial charge in [-0.2, -0.15) is 0 Å². The van der Waals surface area contributed by atoms with Crippen LogP contribution in [0.25, 0.3) is 10.9 Å². The van der Waals surface area contributed by atoms with Crippen molar-refractivity contribution in [1.82, 2.24) is 4.57 Å². The van der Waals surface area contributed by atoms with Gasteiger partial charge in [0.15, 0.2) is 0 Å². The summed E-state index contributed by atoms with van der Waals surface area (Å²) >= 11 is 3.28. The lowest BCUT2D eigenvalue weighted by Gasteiger charge is -1.99. The van der Waals surface area contributed by atoms with E-state index in [1.165, 1.54) is 17.7 Å². The number of halogens is 1. The Morgan fingerprint density at radius 3 is 2.75 bits per heavy atom. The number of nitro groups is 1. The van der Waals surface area contributed by atoms with Crippen LogP contribution in [0.15, 0.2) is 28.9 Å². The summed E-state index contributed by atoms with van der Waals surface area (Å²) in [5.41, 5.74) is 0.466. The first-order valence-electron chi connectivity index (χ1n) is 4.47. The minimum absolute atomic E-state index is 0.0634. The van der Waals surface area contributed by atoms with E-state index in [1.54, 1.807) is 18.2 Å². The van der Waals surface area contributed by atoms with Crippen molar-refractivity contribution in [3.63, 3.8) is 0 Å². The number of hydrogen-bond donors (Lipinski definition) is 0. The number of fused-ring (bicyclic) bond motifs is 1. The number of carbonyl (C=O) groups is 1. The van der Waals surface area contributed by atoms with Crippen molar-refractivity contribution >= 4 is 38.4 Å². The van der Waals surface area contributed by atoms with Crippen molar-refractivity contribution < 1.29 is 9.72 Å². The average molecular weight is 283 g/mol. The lowest BCUT2D eigenvalue weighted by Crippen LogP contribution is -2.03. The van der Waals surface area contributed by atoms with Crippen molar-refractivity contribution in [2.75, 3.05) is 0 Å². The smallest absolute Gasteiger partial charge is 0.279 e. The number of carbonyl (C=O) groups excluding carboxylic acids is 1. The van der Waals surface area contributed by atoms with E-state index in [1.807, 2.05) is 0 Å². The summed E-state index contributed by atoms with van der Waals surface area (Å²) < 4.78 is 1.94. The highest BCUT2D eigenvalue weighted by Crippen LogP contribution is 2.32. The van der Waals surface area contributed by atoms with Gasteiger partial charge in [0.1, 0.15) is 0 Å². The Kier molecular flexibility index (Phi) is 2.51. The molecule has 0 saturated carbocycles. The van der Waals surface area contributed by atoms with Crippen LogP contribution in [0.2, 0.25) is 0 Å². The van der Waals surface area contributed by atoms with E-state index >= 15 is 0 Å². The number of nitrogens with zero attached hydrogens (tertiary/aromatic N) is 2. The number of aromatic nitrogens is 1. The van der Waals surface area contributed by atoms with Crippen LogP contribution in [0.5, 0.6) is 0 Å². The molecule has 0 spiro atoms. The number of para-hydroxylation sites is 1. The van der Waals surface area contributed by atoms with Gasteiger partial charge in [0, 0.05) is 11.4 Å². The molecular weight excluding hydrogens is 276 g/mol. The maximum Gasteiger partial charge on any atom is 0.295 e. The number of hydrogen-bond acceptors (Lipinski definition) is 3. The van der Waals surface area contributed by atoms with Gasteiger partial charge in [-0.05, 0) is 28.1 Å². The van der Waals surface area contributed by atoms with E-state index in [0.29, 0.717) is 15.4 Å². The fourth-order valence-corrected chi connectivity index (χ4v) is 2.17. The molecular formula is C10H7BrN2O3. The Hall–Kier alpha value is -1.69. The average Bonchev–Trinajstić information content (AvgIpc) is 2.58. The van der Waals surface area contributed by atoms with Gasteiger partial charge in [-0.3, -0.25) is 19.5 Å². The molecule has 6 heteroatoms. The van der Waals surface area contributed by atoms with Crippen LogP contribution < -0.4 is 0 Å². The second-order valence-corrected chi connectivity index (χ2v) is 4.15. The predicted octanol–water partition coefficient (Wildman–Crippen LogP) is 2.97. The zero-order valence-corrected chi connectivity index (χ0v) is 9.89. The molecule has 2 aromatic rings. The van der Waals surface area contributed by atoms with Gasteiger partial charge < -0.3 is 0 Å². The highest BCUT2D eigenvalue weighted by molar-refractivity contribution is 9.10. The van der Waals surface area contributed by atoms with E-state index in [0.717, 1.165) is 0 Å². The molecule has 5 nitrogen and oxygen atoms in total. The third-order valence-electron chi connectivity index (χ3n) is 2.29. The van der Waals surface area contributed by atoms with E-state index in [2.05, 4.69) is 15.9 Å². The van der Waals surface area contributed by atoms with Crippen LogP contribution in [-0.4, -0.2) is 15.4 Å². The molecule has 0 saturated heterocycles. The molecule has 16 heavy (non-hydrogen) atoms. The first-order valence-corrected chi connectivity index (χ1v) is 5.26. The highest BCUT2D eigenvalue weighted by atomic mass is 79.9. The minimum Gasteiger partial charge on any atom is -0.279 e. The molecule has 0 radical (unpaired) electrons. The van der Waals surface area contributed by atoms with Gasteiger partial charge in [0.2, 0.25) is 5.91 Å². The summed E-state index contributed by atoms with van der Waals surface area (Å²) in [7, 11) is 0. The third-order valence-corrected chi connectivity index (χ3v) is 2.93. The molecule has 0 aliphatic heterocycles. The highest BCUT2D eigenvalue weighted by Gasteiger charge is 2.20. The van der Waals surface area contributed by atoms with Gasteiger partial charge in [-0.25, -0.2) is 0 Å². The third kappa shape index (κ3) is 1.51. The van der Waals surface area contributed by atoms with Gasteiger partial charge in [-0.1, -0.05) is 6.07 Å². The summed E-state index contributed by atoms with van der Waals surface area (Å²) in [6.45, 7) is 1.36. The molecule has 0 N–H and O–H groups in total. The quantitative estimate of drug-likeness (QED) is 0.597. The zero-order valence-electron chi connectivity index (χ0n) is 8.31. The molecule has 2 rings (SSSR count). The zero-order chi connectivity index (χ0) is 11.9. The molecule has 0 amide bonds. The first kappa shape index (κ1) is 10.8. The van der Waals surface area contributed by atoms with E-state index < -0.39 is 4.92 Å². The standard InChI is InChI=1S/C10H7BrN2O3/c1-6(14)12-5-9(13(15)16)7-3-2-4-8(11)10(7)12/h2-5H,1H3. The Balaban J connectivity index is 2.93. The molecule has 1 aromatic carbocycles. The monoisotopic (exact) mass is 282 g/mol. The van der Waals surface area contributed by atoms with E-state index in [-0.39, 0.29) is 11.6 Å². The van der Waals surface area contributed by atoms with Crippen molar-refractivity contribution in [2.45, 2.75) is 6.92 Å². The molecule has 1 aromatic heterocycles. The Bertz CT molecular complexity index is 603. The molecule has 0 fully saturated rings. The summed E-state index contributed by atoms with van der Waals surface area (Å²) in [5.74, 6) is -0.259. The SMILES string of the molecule is CC(=O)n1cc([N+](=O)[O-])c2cccc(Br)c21. The van der Waals surface area contributed by atoms with Crippen molar-refractivity contribution in [2.24, 2.45) is 0 Å². The van der Waals surface area contributed by atoms with Gasteiger partial charge >= 0.3 is 0 Å². The Labute approximate surface area is 98.9 Å². The number of rotatable bonds is 1. The second kappa shape index (κ2) is 3.71. The first-order chi connectivity index (χ1) is 7.52. The van der Waals surface area contributed by atoms with E-state index in [4.69, 9.17) is 0 Å². The van der Waals surface area contributed by atoms with Crippen molar-refractivity contribution in [3.8, 4) is 0 Å². The minimum atomic E-state index is -0.492. The molecule has 0 bridgehead atoms. The molecule has 0 aliphatic rings. The maximum absolute atomic E-state index is 11.4. The fraction of sp³-hybridized carbons (Fsp3) is 0.100. The van der Waals surface area contributed by atoms with E-state index in [9.17, 15) is 14.9 Å². The van der Waals surface area contributed by atoms with Crippen LogP contribution in [-0.2, 0) is 0 Å². The van der Waals surface area contributed by atoms with Crippen molar-refractivity contribution in [1.29, 1.82) is 0 Å². The molecule has 1 heterocycles. The van der Waals surface area contributed by atoms with Crippen LogP contribution >= 0.6 is 15.9 Å². The molecule has 0 atom stereocenters. The van der Waals surface area contributed by atoms with Crippen LogP contribution in [0, 0.1) is 10.1 Å². The second-order valence-electron chi connectivity index (χ2n) is 3.30. The van der Waals surface area contributed by atoms with Gasteiger partial charge in [-0.15, -0.1) is 0 Å². The van der Waals surface area contributed by atoms with Crippen LogP contribution in [0.1, 0.15) is 11.7 Å². The topological polar surface area (TPSA) is 65.1 Å². The van der Waals surface area contributed by atoms with Gasteiger partial charge in [0.05, 0.1) is 22.0 Å². The number of benzene rings is 1. The van der Waals surface area contributed by atoms with Crippen LogP contribution in [0.3, 0.4) is 0 Å². The lowest BCUT2D eigenvalue weighted by molar-refractivity contribution is -0.383.